The molecule has 0 saturated carbocycles. The van der Waals surface area contributed by atoms with Crippen molar-refractivity contribution in [2.45, 2.75) is 26.8 Å². The summed E-state index contributed by atoms with van der Waals surface area (Å²) < 4.78 is 0. The van der Waals surface area contributed by atoms with Crippen molar-refractivity contribution in [1.29, 1.82) is 5.26 Å². The number of nitrogens with zero attached hydrogens (tertiary/aromatic N) is 2. The molecule has 2 N–H and O–H groups in total. The van der Waals surface area contributed by atoms with Gasteiger partial charge in [0, 0.05) is 20.1 Å². The number of nitrogens with one attached hydrogen (secondary N) is 2. The zero-order valence-corrected chi connectivity index (χ0v) is 17.3. The van der Waals surface area contributed by atoms with Gasteiger partial charge in [0.05, 0.1) is 11.6 Å². The van der Waals surface area contributed by atoms with E-state index in [1.54, 1.807) is 13.1 Å². The number of aliphatic imine (C=N–C) groups is 1. The Bertz CT molecular complexity index is 742. The van der Waals surface area contributed by atoms with Crippen molar-refractivity contribution in [3.05, 3.63) is 70.3 Å². The Morgan fingerprint density at radius 3 is 2.40 bits per heavy atom. The Labute approximate surface area is 167 Å². The summed E-state index contributed by atoms with van der Waals surface area (Å²) in [6, 6.07) is 16.4. The van der Waals surface area contributed by atoms with Crippen LogP contribution in [0.15, 0.2) is 47.5 Å². The van der Waals surface area contributed by atoms with Crippen molar-refractivity contribution >= 4 is 29.9 Å². The molecule has 2 rings (SSSR count). The van der Waals surface area contributed by atoms with Gasteiger partial charge < -0.3 is 10.6 Å². The molecule has 0 aromatic heterocycles. The highest BCUT2D eigenvalue weighted by Gasteiger charge is 2.01. The fourth-order valence-corrected chi connectivity index (χ4v) is 2.70. The Balaban J connectivity index is 0.00000312. The van der Waals surface area contributed by atoms with Crippen molar-refractivity contribution in [1.82, 2.24) is 10.6 Å². The lowest BCUT2D eigenvalue weighted by molar-refractivity contribution is 0.794. The quantitative estimate of drug-likeness (QED) is 0.417. The molecule has 0 aliphatic heterocycles. The summed E-state index contributed by atoms with van der Waals surface area (Å²) in [6.45, 7) is 5.71. The molecule has 0 atom stereocenters. The summed E-state index contributed by atoms with van der Waals surface area (Å²) in [5, 5.41) is 15.5. The van der Waals surface area contributed by atoms with Gasteiger partial charge in [-0.15, -0.1) is 24.0 Å². The minimum absolute atomic E-state index is 0. The molecular weight excluding hydrogens is 423 g/mol. The van der Waals surface area contributed by atoms with E-state index in [2.05, 4.69) is 53.7 Å². The highest BCUT2D eigenvalue weighted by Crippen LogP contribution is 2.09. The van der Waals surface area contributed by atoms with Gasteiger partial charge in [-0.3, -0.25) is 4.99 Å². The fraction of sp³-hybridized carbons (Fsp3) is 0.300. The second-order valence-corrected chi connectivity index (χ2v) is 5.91. The van der Waals surface area contributed by atoms with Crippen LogP contribution in [0.4, 0.5) is 0 Å². The van der Waals surface area contributed by atoms with Crippen molar-refractivity contribution in [2.24, 2.45) is 4.99 Å². The lowest BCUT2D eigenvalue weighted by Crippen LogP contribution is -2.37. The molecule has 0 saturated heterocycles. The van der Waals surface area contributed by atoms with Crippen LogP contribution in [0.25, 0.3) is 0 Å². The van der Waals surface area contributed by atoms with Crippen LogP contribution in [-0.4, -0.2) is 19.6 Å². The van der Waals surface area contributed by atoms with Gasteiger partial charge in [0.2, 0.25) is 0 Å². The Hall–Kier alpha value is -2.07. The molecule has 0 spiro atoms. The number of rotatable bonds is 5. The van der Waals surface area contributed by atoms with Crippen LogP contribution in [0.1, 0.15) is 27.8 Å². The van der Waals surface area contributed by atoms with Crippen LogP contribution in [0.5, 0.6) is 0 Å². The summed E-state index contributed by atoms with van der Waals surface area (Å²) in [5.41, 5.74) is 5.66. The summed E-state index contributed by atoms with van der Waals surface area (Å²) >= 11 is 0. The molecule has 25 heavy (non-hydrogen) atoms. The molecule has 132 valence electrons. The molecule has 0 unspecified atom stereocenters. The number of aryl methyl sites for hydroxylation is 2. The first-order valence-electron chi connectivity index (χ1n) is 8.11. The van der Waals surface area contributed by atoms with Gasteiger partial charge in [-0.2, -0.15) is 5.26 Å². The molecule has 4 nitrogen and oxygen atoms in total. The number of hydrogen-bond acceptors (Lipinski definition) is 2. The molecule has 0 heterocycles. The van der Waals surface area contributed by atoms with Gasteiger partial charge in [0.1, 0.15) is 0 Å². The molecule has 0 bridgehead atoms. The Morgan fingerprint density at radius 1 is 1.04 bits per heavy atom. The maximum Gasteiger partial charge on any atom is 0.191 e. The molecule has 2 aromatic rings. The Kier molecular flexibility index (Phi) is 9.00. The van der Waals surface area contributed by atoms with Gasteiger partial charge >= 0.3 is 0 Å². The molecular formula is C20H25IN4. The van der Waals surface area contributed by atoms with Crippen LogP contribution in [-0.2, 0) is 13.0 Å². The summed E-state index contributed by atoms with van der Waals surface area (Å²) in [7, 11) is 1.76. The first-order chi connectivity index (χ1) is 11.6. The molecule has 2 aromatic carbocycles. The van der Waals surface area contributed by atoms with Crippen LogP contribution in [0, 0.1) is 25.2 Å². The van der Waals surface area contributed by atoms with Gasteiger partial charge in [-0.25, -0.2) is 0 Å². The lowest BCUT2D eigenvalue weighted by Gasteiger charge is -2.12. The van der Waals surface area contributed by atoms with Crippen LogP contribution in [0.2, 0.25) is 0 Å². The van der Waals surface area contributed by atoms with Crippen molar-refractivity contribution in [3.8, 4) is 6.07 Å². The maximum absolute atomic E-state index is 8.94. The fourth-order valence-electron chi connectivity index (χ4n) is 2.70. The van der Waals surface area contributed by atoms with E-state index in [0.29, 0.717) is 12.1 Å². The average Bonchev–Trinajstić information content (AvgIpc) is 2.57. The van der Waals surface area contributed by atoms with Gasteiger partial charge in [-0.1, -0.05) is 41.5 Å². The highest BCUT2D eigenvalue weighted by atomic mass is 127. The first-order valence-corrected chi connectivity index (χ1v) is 8.11. The lowest BCUT2D eigenvalue weighted by atomic mass is 10.1. The second-order valence-electron chi connectivity index (χ2n) is 5.91. The average molecular weight is 448 g/mol. The molecule has 0 aliphatic rings. The van der Waals surface area contributed by atoms with Gasteiger partial charge in [0.15, 0.2) is 5.96 Å². The topological polar surface area (TPSA) is 60.2 Å². The number of guanidine groups is 1. The molecule has 5 heteroatoms. The van der Waals surface area contributed by atoms with Crippen LogP contribution in [0.3, 0.4) is 0 Å². The zero-order valence-electron chi connectivity index (χ0n) is 15.0. The molecule has 0 aliphatic carbocycles. The van der Waals surface area contributed by atoms with Crippen LogP contribution >= 0.6 is 24.0 Å². The predicted molar refractivity (Wildman–Crippen MR) is 114 cm³/mol. The second kappa shape index (κ2) is 10.7. The number of nitriles is 1. The van der Waals surface area contributed by atoms with Crippen molar-refractivity contribution in [3.63, 3.8) is 0 Å². The third-order valence-corrected chi connectivity index (χ3v) is 3.73. The first kappa shape index (κ1) is 21.0. The van der Waals surface area contributed by atoms with Crippen LogP contribution < -0.4 is 10.6 Å². The zero-order chi connectivity index (χ0) is 17.4. The normalized spacial score (nSPS) is 10.6. The number of benzene rings is 2. The monoisotopic (exact) mass is 448 g/mol. The predicted octanol–water partition coefficient (Wildman–Crippen LogP) is 3.70. The molecule has 0 radical (unpaired) electrons. The van der Waals surface area contributed by atoms with E-state index in [1.165, 1.54) is 16.7 Å². The number of hydrogen-bond donors (Lipinski definition) is 2. The van der Waals surface area contributed by atoms with Crippen molar-refractivity contribution in [2.75, 3.05) is 13.6 Å². The Morgan fingerprint density at radius 2 is 1.76 bits per heavy atom. The number of halogens is 1. The van der Waals surface area contributed by atoms with Crippen molar-refractivity contribution < 1.29 is 0 Å². The third kappa shape index (κ3) is 7.14. The van der Waals surface area contributed by atoms with E-state index >= 15 is 0 Å². The van der Waals surface area contributed by atoms with Gasteiger partial charge in [-0.05, 0) is 43.5 Å². The standard InChI is InChI=1S/C20H24N4.HI/c1-15-9-16(2)11-17(10-15)7-8-23-20(22-3)24-14-19-6-4-5-18(12-19)13-21;/h4-6,9-12H,7-8,14H2,1-3H3,(H2,22,23,24);1H. The smallest absolute Gasteiger partial charge is 0.191 e. The van der Waals surface area contributed by atoms with E-state index in [4.69, 9.17) is 5.26 Å². The SMILES string of the molecule is CN=C(NCCc1cc(C)cc(C)c1)NCc1cccc(C#N)c1.I. The minimum Gasteiger partial charge on any atom is -0.356 e. The third-order valence-electron chi connectivity index (χ3n) is 3.73. The van der Waals surface area contributed by atoms with E-state index in [-0.39, 0.29) is 24.0 Å². The largest absolute Gasteiger partial charge is 0.356 e. The maximum atomic E-state index is 8.94. The molecule has 0 fully saturated rings. The highest BCUT2D eigenvalue weighted by molar-refractivity contribution is 14.0. The summed E-state index contributed by atoms with van der Waals surface area (Å²) in [4.78, 5) is 4.24. The van der Waals surface area contributed by atoms with Gasteiger partial charge in [0.25, 0.3) is 0 Å². The van der Waals surface area contributed by atoms with E-state index in [0.717, 1.165) is 24.5 Å². The molecule has 0 amide bonds. The van der Waals surface area contributed by atoms with E-state index in [9.17, 15) is 0 Å². The summed E-state index contributed by atoms with van der Waals surface area (Å²) in [5.74, 6) is 0.765. The van der Waals surface area contributed by atoms with E-state index < -0.39 is 0 Å². The minimum atomic E-state index is 0. The van der Waals surface area contributed by atoms with E-state index in [1.807, 2.05) is 18.2 Å². The summed E-state index contributed by atoms with van der Waals surface area (Å²) in [6.07, 6.45) is 0.952.